The van der Waals surface area contributed by atoms with Crippen LogP contribution in [0.2, 0.25) is 0 Å². The molecule has 0 atom stereocenters. The Balaban J connectivity index is 1.41. The first kappa shape index (κ1) is 23.3. The van der Waals surface area contributed by atoms with Crippen LogP contribution >= 0.6 is 0 Å². The minimum Gasteiger partial charge on any atom is -0.493 e. The van der Waals surface area contributed by atoms with E-state index in [1.807, 2.05) is 59.5 Å². The average Bonchev–Trinajstić information content (AvgIpc) is 3.34. The number of para-hydroxylation sites is 2. The Labute approximate surface area is 223 Å². The molecule has 0 bridgehead atoms. The zero-order valence-corrected chi connectivity index (χ0v) is 21.7. The van der Waals surface area contributed by atoms with E-state index in [0.717, 1.165) is 35.1 Å². The predicted molar refractivity (Wildman–Crippen MR) is 153 cm³/mol. The molecule has 3 aromatic carbocycles. The van der Waals surface area contributed by atoms with Gasteiger partial charge in [-0.2, -0.15) is 0 Å². The summed E-state index contributed by atoms with van der Waals surface area (Å²) < 4.78 is 12.8. The number of benzene rings is 3. The summed E-state index contributed by atoms with van der Waals surface area (Å²) in [6.45, 7) is 2.70. The number of carbonyl (C=O) groups is 1. The van der Waals surface area contributed by atoms with Crippen molar-refractivity contribution >= 4 is 49.7 Å². The lowest BCUT2D eigenvalue weighted by Crippen LogP contribution is -2.49. The molecule has 4 heterocycles. The molecular formula is C31H26N4O4. The van der Waals surface area contributed by atoms with Gasteiger partial charge in [0.2, 0.25) is 0 Å². The molecule has 1 aliphatic heterocycles. The fourth-order valence-electron chi connectivity index (χ4n) is 5.91. The van der Waals surface area contributed by atoms with Crippen molar-refractivity contribution in [3.8, 4) is 11.5 Å². The Kier molecular flexibility index (Phi) is 5.30. The van der Waals surface area contributed by atoms with Gasteiger partial charge in [-0.15, -0.1) is 0 Å². The molecule has 1 fully saturated rings. The lowest BCUT2D eigenvalue weighted by Gasteiger charge is -2.36. The van der Waals surface area contributed by atoms with Crippen molar-refractivity contribution in [1.82, 2.24) is 14.3 Å². The highest BCUT2D eigenvalue weighted by Gasteiger charge is 2.27. The topological polar surface area (TPSA) is 76.4 Å². The van der Waals surface area contributed by atoms with Crippen LogP contribution in [0.15, 0.2) is 77.6 Å². The number of anilines is 1. The van der Waals surface area contributed by atoms with E-state index in [1.165, 1.54) is 7.11 Å². The summed E-state index contributed by atoms with van der Waals surface area (Å²) in [5, 5.41) is 2.73. The number of piperazine rings is 1. The van der Waals surface area contributed by atoms with Crippen LogP contribution in [-0.4, -0.2) is 60.6 Å². The number of nitrogens with zero attached hydrogens (tertiary/aromatic N) is 4. The second kappa shape index (κ2) is 8.87. The molecular weight excluding hydrogens is 492 g/mol. The van der Waals surface area contributed by atoms with Crippen molar-refractivity contribution in [3.63, 3.8) is 0 Å². The van der Waals surface area contributed by atoms with Crippen molar-refractivity contribution in [3.05, 3.63) is 88.8 Å². The van der Waals surface area contributed by atoms with E-state index in [0.29, 0.717) is 52.1 Å². The summed E-state index contributed by atoms with van der Waals surface area (Å²) in [6, 6.07) is 23.4. The quantitative estimate of drug-likeness (QED) is 0.318. The highest BCUT2D eigenvalue weighted by atomic mass is 16.5. The van der Waals surface area contributed by atoms with Crippen LogP contribution in [0.5, 0.6) is 11.5 Å². The van der Waals surface area contributed by atoms with Gasteiger partial charge in [0, 0.05) is 48.0 Å². The molecule has 1 amide bonds. The average molecular weight is 519 g/mol. The van der Waals surface area contributed by atoms with Gasteiger partial charge in [0.1, 0.15) is 5.69 Å². The van der Waals surface area contributed by atoms with Gasteiger partial charge in [-0.25, -0.2) is 4.98 Å². The van der Waals surface area contributed by atoms with Crippen LogP contribution in [0.25, 0.3) is 38.1 Å². The molecule has 194 valence electrons. The highest BCUT2D eigenvalue weighted by Crippen LogP contribution is 2.39. The fourth-order valence-corrected chi connectivity index (χ4v) is 5.91. The molecule has 1 aliphatic rings. The van der Waals surface area contributed by atoms with Gasteiger partial charge in [0.15, 0.2) is 11.5 Å². The number of aromatic nitrogens is 2. The summed E-state index contributed by atoms with van der Waals surface area (Å²) in [7, 11) is 3.06. The monoisotopic (exact) mass is 518 g/mol. The first-order valence-electron chi connectivity index (χ1n) is 12.9. The Morgan fingerprint density at radius 1 is 0.821 bits per heavy atom. The van der Waals surface area contributed by atoms with Gasteiger partial charge in [0.25, 0.3) is 11.5 Å². The first-order valence-corrected chi connectivity index (χ1v) is 12.9. The third-order valence-electron chi connectivity index (χ3n) is 7.78. The molecule has 8 heteroatoms. The van der Waals surface area contributed by atoms with Crippen LogP contribution in [0, 0.1) is 0 Å². The van der Waals surface area contributed by atoms with Crippen molar-refractivity contribution in [2.45, 2.75) is 0 Å². The normalized spacial score (nSPS) is 14.1. The number of fused-ring (bicyclic) bond motifs is 5. The third-order valence-corrected chi connectivity index (χ3v) is 7.78. The number of methoxy groups -OCH3 is 2. The fraction of sp³-hybridized carbons (Fsp3) is 0.194. The highest BCUT2D eigenvalue weighted by molar-refractivity contribution is 6.21. The first-order chi connectivity index (χ1) is 19.1. The molecule has 0 unspecified atom stereocenters. The summed E-state index contributed by atoms with van der Waals surface area (Å²) in [6.07, 6.45) is 0. The van der Waals surface area contributed by atoms with Gasteiger partial charge >= 0.3 is 0 Å². The molecule has 6 aromatic rings. The molecule has 0 radical (unpaired) electrons. The second-order valence-electron chi connectivity index (χ2n) is 9.75. The molecule has 0 saturated carbocycles. The zero-order valence-electron chi connectivity index (χ0n) is 21.7. The van der Waals surface area contributed by atoms with Crippen LogP contribution in [0.3, 0.4) is 0 Å². The van der Waals surface area contributed by atoms with Crippen molar-refractivity contribution < 1.29 is 14.3 Å². The van der Waals surface area contributed by atoms with Gasteiger partial charge in [-0.1, -0.05) is 36.4 Å². The molecule has 3 aromatic heterocycles. The van der Waals surface area contributed by atoms with Crippen LogP contribution < -0.4 is 19.9 Å². The number of hydrogen-bond donors (Lipinski definition) is 0. The minimum atomic E-state index is -0.211. The van der Waals surface area contributed by atoms with Gasteiger partial charge in [-0.05, 0) is 36.4 Å². The number of hydrogen-bond acceptors (Lipinski definition) is 6. The van der Waals surface area contributed by atoms with Crippen molar-refractivity contribution in [2.24, 2.45) is 0 Å². The van der Waals surface area contributed by atoms with Crippen molar-refractivity contribution in [2.75, 3.05) is 45.3 Å². The van der Waals surface area contributed by atoms with Crippen LogP contribution in [0.4, 0.5) is 5.69 Å². The summed E-state index contributed by atoms with van der Waals surface area (Å²) in [4.78, 5) is 36.9. The molecule has 1 saturated heterocycles. The van der Waals surface area contributed by atoms with E-state index in [1.54, 1.807) is 17.6 Å². The largest absolute Gasteiger partial charge is 0.493 e. The van der Waals surface area contributed by atoms with Crippen molar-refractivity contribution in [1.29, 1.82) is 0 Å². The second-order valence-corrected chi connectivity index (χ2v) is 9.75. The smallest absolute Gasteiger partial charge is 0.272 e. The maximum Gasteiger partial charge on any atom is 0.272 e. The molecule has 39 heavy (non-hydrogen) atoms. The number of pyridine rings is 2. The molecule has 0 N–H and O–H groups in total. The maximum atomic E-state index is 14.0. The van der Waals surface area contributed by atoms with Crippen LogP contribution in [0.1, 0.15) is 10.5 Å². The lowest BCUT2D eigenvalue weighted by molar-refractivity contribution is 0.0741. The van der Waals surface area contributed by atoms with Gasteiger partial charge in [0.05, 0.1) is 36.2 Å². The summed E-state index contributed by atoms with van der Waals surface area (Å²) >= 11 is 0. The predicted octanol–water partition coefficient (Wildman–Crippen LogP) is 4.57. The van der Waals surface area contributed by atoms with E-state index in [4.69, 9.17) is 14.5 Å². The van der Waals surface area contributed by atoms with E-state index in [2.05, 4.69) is 17.0 Å². The lowest BCUT2D eigenvalue weighted by atomic mass is 10.1. The van der Waals surface area contributed by atoms with E-state index >= 15 is 0 Å². The number of amides is 1. The molecule has 8 nitrogen and oxygen atoms in total. The van der Waals surface area contributed by atoms with E-state index in [9.17, 15) is 9.59 Å². The van der Waals surface area contributed by atoms with Gasteiger partial charge in [-0.3, -0.25) is 14.0 Å². The summed E-state index contributed by atoms with van der Waals surface area (Å²) in [5.41, 5.74) is 3.36. The third kappa shape index (κ3) is 3.41. The standard InChI is InChI=1S/C31H26N4O4/c1-38-25-13-12-21-26(29(25)39-2)31(37)35-24-11-7-6-10-20(24)22-18-23(32-27(21)28(22)35)30(36)34-16-14-33(15-17-34)19-8-4-3-5-9-19/h3-13,18H,14-17H2,1-2H3. The van der Waals surface area contributed by atoms with E-state index < -0.39 is 0 Å². The Morgan fingerprint density at radius 2 is 1.56 bits per heavy atom. The zero-order chi connectivity index (χ0) is 26.7. The summed E-state index contributed by atoms with van der Waals surface area (Å²) in [5.74, 6) is 0.702. The number of carbonyl (C=O) groups excluding carboxylic acids is 1. The molecule has 0 aliphatic carbocycles. The minimum absolute atomic E-state index is 0.114. The number of rotatable bonds is 4. The molecule has 7 rings (SSSR count). The van der Waals surface area contributed by atoms with Crippen LogP contribution in [-0.2, 0) is 0 Å². The molecule has 0 spiro atoms. The Hall–Kier alpha value is -4.85. The van der Waals surface area contributed by atoms with E-state index in [-0.39, 0.29) is 11.5 Å². The Morgan fingerprint density at radius 3 is 2.31 bits per heavy atom. The number of ether oxygens (including phenoxy) is 2. The SMILES string of the molecule is COc1ccc2c(c1OC)c(=O)n1c3ccccc3c3cc(C(=O)N4CCN(c5ccccc5)CC4)nc2c31. The maximum absolute atomic E-state index is 14.0. The Bertz CT molecular complexity index is 1940. The van der Waals surface area contributed by atoms with Gasteiger partial charge < -0.3 is 19.3 Å².